The zero-order chi connectivity index (χ0) is 41.1. The molecule has 10 aromatic rings. The summed E-state index contributed by atoms with van der Waals surface area (Å²) in [4.78, 5) is 21.2. The van der Waals surface area contributed by atoms with E-state index in [2.05, 4.69) is 85.6 Å². The number of hydrogen-bond donors (Lipinski definition) is 0. The van der Waals surface area contributed by atoms with E-state index < -0.39 is 0 Å². The molecule has 5 aromatic heterocycles. The smallest absolute Gasteiger partial charge is 0.0701 e. The van der Waals surface area contributed by atoms with Gasteiger partial charge in [0.25, 0.3) is 0 Å². The third kappa shape index (κ3) is 16.7. The van der Waals surface area contributed by atoms with Crippen LogP contribution in [0.1, 0.15) is 0 Å². The van der Waals surface area contributed by atoms with E-state index in [1.54, 1.807) is 0 Å². The van der Waals surface area contributed by atoms with Crippen molar-refractivity contribution >= 4 is 0 Å². The molecule has 0 unspecified atom stereocenters. The van der Waals surface area contributed by atoms with Crippen molar-refractivity contribution in [3.63, 3.8) is 0 Å². The molecule has 62 heavy (non-hydrogen) atoms. The standard InChI is InChI=1S/5C11H9N.Os.Pt/c5*1-2-6-10(7-3-1)11-8-4-5-9-12-11;;/h5*1-9H;;. The Kier molecular flexibility index (Phi) is 22.1. The molecule has 0 saturated carbocycles. The van der Waals surface area contributed by atoms with Crippen molar-refractivity contribution in [1.29, 1.82) is 0 Å². The molecule has 0 aliphatic carbocycles. The number of hydrogen-bond acceptors (Lipinski definition) is 5. The van der Waals surface area contributed by atoms with E-state index in [1.807, 2.05) is 213 Å². The van der Waals surface area contributed by atoms with Crippen molar-refractivity contribution in [3.05, 3.63) is 274 Å². The van der Waals surface area contributed by atoms with Crippen LogP contribution in [0.2, 0.25) is 0 Å². The molecule has 5 nitrogen and oxygen atoms in total. The molecular weight excluding hydrogens is 1120 g/mol. The maximum Gasteiger partial charge on any atom is 0.0701 e. The van der Waals surface area contributed by atoms with Crippen molar-refractivity contribution in [3.8, 4) is 56.3 Å². The van der Waals surface area contributed by atoms with Crippen LogP contribution in [-0.4, -0.2) is 24.9 Å². The zero-order valence-electron chi connectivity index (χ0n) is 33.9. The summed E-state index contributed by atoms with van der Waals surface area (Å²) >= 11 is 0. The second kappa shape index (κ2) is 28.6. The Bertz CT molecular complexity index is 1960. The molecule has 0 N–H and O–H groups in total. The van der Waals surface area contributed by atoms with Gasteiger partial charge < -0.3 is 0 Å². The molecule has 0 bridgehead atoms. The molecular formula is C55H45N5OsPt. The molecule has 0 amide bonds. The van der Waals surface area contributed by atoms with Gasteiger partial charge in [-0.3, -0.25) is 24.9 Å². The quantitative estimate of drug-likeness (QED) is 0.172. The molecule has 0 radical (unpaired) electrons. The molecule has 5 aromatic carbocycles. The summed E-state index contributed by atoms with van der Waals surface area (Å²) < 4.78 is 0. The van der Waals surface area contributed by atoms with Crippen LogP contribution >= 0.6 is 0 Å². The number of rotatable bonds is 5. The molecule has 0 saturated heterocycles. The summed E-state index contributed by atoms with van der Waals surface area (Å²) in [6.07, 6.45) is 9.04. The van der Waals surface area contributed by atoms with Gasteiger partial charge in [0.15, 0.2) is 0 Å². The van der Waals surface area contributed by atoms with Gasteiger partial charge in [0.1, 0.15) is 0 Å². The van der Waals surface area contributed by atoms with E-state index in [4.69, 9.17) is 0 Å². The predicted octanol–water partition coefficient (Wildman–Crippen LogP) is 13.7. The molecule has 0 atom stereocenters. The predicted molar refractivity (Wildman–Crippen MR) is 248 cm³/mol. The van der Waals surface area contributed by atoms with Crippen LogP contribution in [0.25, 0.3) is 56.3 Å². The van der Waals surface area contributed by atoms with Crippen LogP contribution < -0.4 is 0 Å². The Labute approximate surface area is 393 Å². The Morgan fingerprint density at radius 3 is 0.452 bits per heavy atom. The van der Waals surface area contributed by atoms with E-state index in [1.165, 1.54) is 0 Å². The van der Waals surface area contributed by atoms with Crippen molar-refractivity contribution in [2.75, 3.05) is 0 Å². The van der Waals surface area contributed by atoms with Gasteiger partial charge in [-0.2, -0.15) is 0 Å². The van der Waals surface area contributed by atoms with Crippen molar-refractivity contribution in [1.82, 2.24) is 24.9 Å². The topological polar surface area (TPSA) is 64.5 Å². The van der Waals surface area contributed by atoms with Crippen molar-refractivity contribution < 1.29 is 40.9 Å². The first-order chi connectivity index (χ1) is 29.8. The van der Waals surface area contributed by atoms with Gasteiger partial charge in [0.05, 0.1) is 28.5 Å². The Morgan fingerprint density at radius 2 is 0.323 bits per heavy atom. The van der Waals surface area contributed by atoms with Crippen LogP contribution in [0.15, 0.2) is 274 Å². The first kappa shape index (κ1) is 47.8. The van der Waals surface area contributed by atoms with Crippen molar-refractivity contribution in [2.24, 2.45) is 0 Å². The van der Waals surface area contributed by atoms with Gasteiger partial charge in [-0.15, -0.1) is 0 Å². The fourth-order valence-corrected chi connectivity index (χ4v) is 5.71. The summed E-state index contributed by atoms with van der Waals surface area (Å²) in [5.41, 5.74) is 11.0. The van der Waals surface area contributed by atoms with E-state index >= 15 is 0 Å². The fourth-order valence-electron chi connectivity index (χ4n) is 5.71. The maximum absolute atomic E-state index is 4.25. The van der Waals surface area contributed by atoms with E-state index in [0.29, 0.717) is 0 Å². The molecule has 10 rings (SSSR count). The minimum absolute atomic E-state index is 0. The van der Waals surface area contributed by atoms with Gasteiger partial charge in [-0.25, -0.2) is 0 Å². The third-order valence-corrected chi connectivity index (χ3v) is 8.67. The first-order valence-electron chi connectivity index (χ1n) is 19.7. The average molecular weight is 1160 g/mol. The molecule has 5 heterocycles. The summed E-state index contributed by atoms with van der Waals surface area (Å²) in [6.45, 7) is 0. The summed E-state index contributed by atoms with van der Waals surface area (Å²) in [6, 6.07) is 80.4. The Balaban J connectivity index is 0.000000169. The van der Waals surface area contributed by atoms with E-state index in [9.17, 15) is 0 Å². The van der Waals surface area contributed by atoms with Gasteiger partial charge in [-0.05, 0) is 60.7 Å². The normalized spacial score (nSPS) is 9.35. The number of nitrogens with zero attached hydrogens (tertiary/aromatic N) is 5. The second-order valence-electron chi connectivity index (χ2n) is 12.9. The van der Waals surface area contributed by atoms with Crippen LogP contribution in [0, 0.1) is 0 Å². The first-order valence-corrected chi connectivity index (χ1v) is 19.7. The Hall–Kier alpha value is -6.83. The number of benzene rings is 5. The summed E-state index contributed by atoms with van der Waals surface area (Å²) in [7, 11) is 0. The molecule has 0 fully saturated rings. The van der Waals surface area contributed by atoms with Crippen LogP contribution in [0.3, 0.4) is 0 Å². The van der Waals surface area contributed by atoms with E-state index in [0.717, 1.165) is 56.3 Å². The van der Waals surface area contributed by atoms with Gasteiger partial charge in [-0.1, -0.05) is 182 Å². The van der Waals surface area contributed by atoms with E-state index in [-0.39, 0.29) is 40.9 Å². The van der Waals surface area contributed by atoms with Gasteiger partial charge in [0.2, 0.25) is 0 Å². The van der Waals surface area contributed by atoms with Gasteiger partial charge in [0, 0.05) is 99.7 Å². The second-order valence-corrected chi connectivity index (χ2v) is 12.9. The monoisotopic (exact) mass is 1160 g/mol. The molecule has 7 heteroatoms. The molecule has 0 aliphatic heterocycles. The maximum atomic E-state index is 4.25. The third-order valence-electron chi connectivity index (χ3n) is 8.67. The number of pyridine rings is 5. The minimum atomic E-state index is 0. The Morgan fingerprint density at radius 1 is 0.177 bits per heavy atom. The minimum Gasteiger partial charge on any atom is -0.256 e. The van der Waals surface area contributed by atoms with Crippen LogP contribution in [0.4, 0.5) is 0 Å². The molecule has 0 aliphatic rings. The average Bonchev–Trinajstić information content (AvgIpc) is 3.37. The fraction of sp³-hybridized carbons (Fsp3) is 0. The number of aromatic nitrogens is 5. The molecule has 0 spiro atoms. The largest absolute Gasteiger partial charge is 0.256 e. The zero-order valence-corrected chi connectivity index (χ0v) is 38.7. The summed E-state index contributed by atoms with van der Waals surface area (Å²) in [5, 5.41) is 0. The SMILES string of the molecule is [Os].[Pt].c1ccc(-c2ccccn2)cc1.c1ccc(-c2ccccn2)cc1.c1ccc(-c2ccccn2)cc1.c1ccc(-c2ccccn2)cc1.c1ccc(-c2ccccn2)cc1. The van der Waals surface area contributed by atoms with Crippen LogP contribution in [0.5, 0.6) is 0 Å². The van der Waals surface area contributed by atoms with Crippen LogP contribution in [-0.2, 0) is 40.9 Å². The van der Waals surface area contributed by atoms with Crippen molar-refractivity contribution in [2.45, 2.75) is 0 Å². The summed E-state index contributed by atoms with van der Waals surface area (Å²) in [5.74, 6) is 0. The molecule has 308 valence electrons. The van der Waals surface area contributed by atoms with Gasteiger partial charge >= 0.3 is 0 Å².